The van der Waals surface area contributed by atoms with Crippen molar-refractivity contribution in [3.8, 4) is 0 Å². The summed E-state index contributed by atoms with van der Waals surface area (Å²) < 4.78 is 0. The molecule has 1 aliphatic carbocycles. The van der Waals surface area contributed by atoms with Crippen LogP contribution in [0.4, 0.5) is 0 Å². The van der Waals surface area contributed by atoms with Crippen molar-refractivity contribution in [2.75, 3.05) is 13.1 Å². The smallest absolute Gasteiger partial charge is 0.306 e. The fraction of sp³-hybridized carbons (Fsp3) is 0.652. The molecular weight excluding hydrogens is 400 g/mol. The molecule has 8 nitrogen and oxygen atoms in total. The number of carboxylic acids is 1. The third-order valence-corrected chi connectivity index (χ3v) is 6.09. The number of pyridine rings is 1. The highest BCUT2D eigenvalue weighted by Gasteiger charge is 2.35. The molecule has 2 heterocycles. The van der Waals surface area contributed by atoms with E-state index < -0.39 is 11.6 Å². The first-order valence-electron chi connectivity index (χ1n) is 11.1. The van der Waals surface area contributed by atoms with Crippen molar-refractivity contribution in [2.45, 2.75) is 82.7 Å². The number of amides is 1. The number of aliphatic hydroxyl groups is 1. The summed E-state index contributed by atoms with van der Waals surface area (Å²) in [6, 6.07) is 4.39. The van der Waals surface area contributed by atoms with Gasteiger partial charge < -0.3 is 20.2 Å². The summed E-state index contributed by atoms with van der Waals surface area (Å²) >= 11 is 0. The molecule has 1 aromatic rings. The fourth-order valence-electron chi connectivity index (χ4n) is 4.31. The van der Waals surface area contributed by atoms with Gasteiger partial charge in [-0.25, -0.2) is 0 Å². The molecule has 1 amide bonds. The highest BCUT2D eigenvalue weighted by molar-refractivity contribution is 5.76. The maximum absolute atomic E-state index is 12.3. The molecule has 3 rings (SSSR count). The molecule has 2 aliphatic rings. The minimum absolute atomic E-state index is 0.115. The predicted molar refractivity (Wildman–Crippen MR) is 115 cm³/mol. The van der Waals surface area contributed by atoms with Crippen LogP contribution in [0.1, 0.15) is 74.7 Å². The average molecular weight is 435 g/mol. The highest BCUT2D eigenvalue weighted by atomic mass is 16.4. The van der Waals surface area contributed by atoms with E-state index in [-0.39, 0.29) is 18.8 Å². The largest absolute Gasteiger partial charge is 0.483 e. The second kappa shape index (κ2) is 12.4. The van der Waals surface area contributed by atoms with Crippen LogP contribution < -0.4 is 0 Å². The van der Waals surface area contributed by atoms with Gasteiger partial charge in [-0.1, -0.05) is 12.5 Å². The van der Waals surface area contributed by atoms with Crippen LogP contribution in [0.3, 0.4) is 0 Å². The monoisotopic (exact) mass is 434 g/mol. The van der Waals surface area contributed by atoms with Crippen molar-refractivity contribution in [1.29, 1.82) is 0 Å². The Balaban J connectivity index is 0.00000107. The van der Waals surface area contributed by atoms with E-state index in [4.69, 9.17) is 20.0 Å². The number of fused-ring (bicyclic) bond motifs is 1. The number of rotatable bonds is 8. The zero-order valence-electron chi connectivity index (χ0n) is 18.1. The zero-order valence-corrected chi connectivity index (χ0v) is 18.1. The maximum Gasteiger partial charge on any atom is 0.306 e. The minimum atomic E-state index is -1.16. The van der Waals surface area contributed by atoms with Crippen LogP contribution in [0.5, 0.6) is 0 Å². The number of carbonyl (C=O) groups excluding carboxylic acids is 1. The number of aryl methyl sites for hydroxylation is 3. The molecule has 3 N–H and O–H groups in total. The van der Waals surface area contributed by atoms with E-state index in [0.29, 0.717) is 32.4 Å². The Morgan fingerprint density at radius 2 is 1.77 bits per heavy atom. The van der Waals surface area contributed by atoms with E-state index >= 15 is 0 Å². The summed E-state index contributed by atoms with van der Waals surface area (Å²) in [5.74, 6) is -0.875. The molecule has 1 saturated heterocycles. The van der Waals surface area contributed by atoms with Gasteiger partial charge in [0.25, 0.3) is 6.47 Å². The third kappa shape index (κ3) is 8.28. The lowest BCUT2D eigenvalue weighted by atomic mass is 9.88. The third-order valence-electron chi connectivity index (χ3n) is 6.09. The summed E-state index contributed by atoms with van der Waals surface area (Å²) in [5.41, 5.74) is 2.70. The van der Waals surface area contributed by atoms with Crippen LogP contribution in [0.25, 0.3) is 0 Å². The Hall–Kier alpha value is -2.48. The van der Waals surface area contributed by atoms with Crippen molar-refractivity contribution < 1.29 is 29.7 Å². The van der Waals surface area contributed by atoms with E-state index in [1.807, 2.05) is 0 Å². The van der Waals surface area contributed by atoms with Gasteiger partial charge >= 0.3 is 5.97 Å². The maximum atomic E-state index is 12.3. The summed E-state index contributed by atoms with van der Waals surface area (Å²) in [4.78, 5) is 38.1. The number of aromatic nitrogens is 1. The number of carboxylic acid groups (broad SMARTS) is 2. The van der Waals surface area contributed by atoms with Gasteiger partial charge in [0.15, 0.2) is 0 Å². The Bertz CT molecular complexity index is 744. The molecule has 0 saturated carbocycles. The first kappa shape index (κ1) is 24.8. The lowest BCUT2D eigenvalue weighted by Crippen LogP contribution is -2.47. The van der Waals surface area contributed by atoms with E-state index in [1.54, 1.807) is 4.90 Å². The number of nitrogens with zero attached hydrogens (tertiary/aromatic N) is 2. The van der Waals surface area contributed by atoms with Crippen molar-refractivity contribution in [2.24, 2.45) is 0 Å². The second-order valence-electron chi connectivity index (χ2n) is 8.46. The molecule has 172 valence electrons. The van der Waals surface area contributed by atoms with Gasteiger partial charge in [-0.2, -0.15) is 0 Å². The van der Waals surface area contributed by atoms with E-state index in [9.17, 15) is 14.7 Å². The molecule has 0 atom stereocenters. The Morgan fingerprint density at radius 1 is 1.10 bits per heavy atom. The molecule has 0 spiro atoms. The Labute approximate surface area is 183 Å². The molecule has 0 aromatic carbocycles. The number of unbranched alkanes of at least 4 members (excludes halogenated alkanes) is 2. The number of piperidine rings is 1. The highest BCUT2D eigenvalue weighted by Crippen LogP contribution is 2.26. The summed E-state index contributed by atoms with van der Waals surface area (Å²) in [5, 5.41) is 26.0. The van der Waals surface area contributed by atoms with E-state index in [1.165, 1.54) is 29.8 Å². The summed E-state index contributed by atoms with van der Waals surface area (Å²) in [7, 11) is 0. The molecule has 0 unspecified atom stereocenters. The molecule has 31 heavy (non-hydrogen) atoms. The van der Waals surface area contributed by atoms with Gasteiger partial charge in [0.1, 0.15) is 0 Å². The molecule has 1 aromatic heterocycles. The van der Waals surface area contributed by atoms with Crippen LogP contribution in [0, 0.1) is 0 Å². The number of likely N-dealkylation sites (tertiary alicyclic amines) is 1. The molecule has 1 aliphatic heterocycles. The van der Waals surface area contributed by atoms with Crippen molar-refractivity contribution in [3.05, 3.63) is 29.1 Å². The molecule has 0 radical (unpaired) electrons. The van der Waals surface area contributed by atoms with Gasteiger partial charge in [-0.15, -0.1) is 0 Å². The number of hydrogen-bond acceptors (Lipinski definition) is 5. The molecular formula is C23H34N2O6. The molecule has 1 fully saturated rings. The zero-order chi connectivity index (χ0) is 22.7. The van der Waals surface area contributed by atoms with E-state index in [0.717, 1.165) is 38.5 Å². The number of aliphatic carboxylic acids is 1. The van der Waals surface area contributed by atoms with Gasteiger partial charge in [0.05, 0.1) is 12.0 Å². The van der Waals surface area contributed by atoms with Gasteiger partial charge in [0.2, 0.25) is 5.91 Å². The quantitative estimate of drug-likeness (QED) is 0.424. The van der Waals surface area contributed by atoms with Crippen LogP contribution >= 0.6 is 0 Å². The fourth-order valence-corrected chi connectivity index (χ4v) is 4.31. The van der Waals surface area contributed by atoms with Crippen LogP contribution in [0.2, 0.25) is 0 Å². The van der Waals surface area contributed by atoms with Gasteiger partial charge in [-0.3, -0.25) is 19.4 Å². The SMILES string of the molecule is O=C(O)CC1(O)CCN(C(=O)CCCCCc2ccc3c(n2)CCCC3)CC1.O=CO. The first-order chi connectivity index (χ1) is 14.9. The predicted octanol–water partition coefficient (Wildman–Crippen LogP) is 2.59. The summed E-state index contributed by atoms with van der Waals surface area (Å²) in [6.45, 7) is 0.642. The Kier molecular flexibility index (Phi) is 9.91. The standard InChI is InChI=1S/C22H32N2O4.CH2O2/c25-20(24-14-12-22(28,13-15-24)16-21(26)27)9-3-1-2-7-18-11-10-17-6-4-5-8-19(17)23-18;2-1-3/h10-11,28H,1-9,12-16H2,(H,26,27);1H,(H,2,3). The molecule has 8 heteroatoms. The number of carbonyl (C=O) groups is 3. The van der Waals surface area contributed by atoms with Crippen LogP contribution in [-0.4, -0.2) is 62.2 Å². The van der Waals surface area contributed by atoms with Gasteiger partial charge in [0, 0.05) is 30.9 Å². The second-order valence-corrected chi connectivity index (χ2v) is 8.46. The lowest BCUT2D eigenvalue weighted by molar-refractivity contribution is -0.146. The summed E-state index contributed by atoms with van der Waals surface area (Å²) in [6.07, 6.45) is 9.62. The van der Waals surface area contributed by atoms with Crippen LogP contribution in [0.15, 0.2) is 12.1 Å². The number of hydrogen-bond donors (Lipinski definition) is 3. The molecule has 0 bridgehead atoms. The minimum Gasteiger partial charge on any atom is -0.483 e. The van der Waals surface area contributed by atoms with Crippen LogP contribution in [-0.2, 0) is 33.6 Å². The normalized spacial score (nSPS) is 17.1. The first-order valence-corrected chi connectivity index (χ1v) is 11.1. The average Bonchev–Trinajstić information content (AvgIpc) is 2.73. The van der Waals surface area contributed by atoms with Crippen molar-refractivity contribution in [1.82, 2.24) is 9.88 Å². The Morgan fingerprint density at radius 3 is 2.45 bits per heavy atom. The van der Waals surface area contributed by atoms with E-state index in [2.05, 4.69) is 12.1 Å². The van der Waals surface area contributed by atoms with Gasteiger partial charge in [-0.05, 0) is 69.4 Å². The lowest BCUT2D eigenvalue weighted by Gasteiger charge is -2.37. The van der Waals surface area contributed by atoms with Crippen molar-refractivity contribution in [3.63, 3.8) is 0 Å². The topological polar surface area (TPSA) is 128 Å². The van der Waals surface area contributed by atoms with Crippen molar-refractivity contribution >= 4 is 18.3 Å².